The Morgan fingerprint density at radius 3 is 2.48 bits per heavy atom. The van der Waals surface area contributed by atoms with Gasteiger partial charge < -0.3 is 15.0 Å². The van der Waals surface area contributed by atoms with Crippen LogP contribution in [-0.2, 0) is 4.74 Å². The van der Waals surface area contributed by atoms with E-state index in [0.29, 0.717) is 29.1 Å². The van der Waals surface area contributed by atoms with Crippen molar-refractivity contribution in [2.45, 2.75) is 32.7 Å². The summed E-state index contributed by atoms with van der Waals surface area (Å²) in [4.78, 5) is 30.2. The molecule has 1 aliphatic rings. The minimum atomic E-state index is -0.431. The summed E-state index contributed by atoms with van der Waals surface area (Å²) >= 11 is 0. The van der Waals surface area contributed by atoms with Gasteiger partial charge in [0.25, 0.3) is 5.91 Å². The monoisotopic (exact) mass is 369 g/mol. The number of esters is 1. The van der Waals surface area contributed by atoms with Crippen LogP contribution in [0.15, 0.2) is 30.3 Å². The first kappa shape index (κ1) is 19.2. The zero-order valence-corrected chi connectivity index (χ0v) is 16.2. The van der Waals surface area contributed by atoms with Crippen LogP contribution in [0.2, 0.25) is 0 Å². The van der Waals surface area contributed by atoms with Gasteiger partial charge in [0.05, 0.1) is 18.7 Å². The van der Waals surface area contributed by atoms with E-state index in [2.05, 4.69) is 27.3 Å². The molecule has 0 radical (unpaired) electrons. The van der Waals surface area contributed by atoms with Gasteiger partial charge in [-0.3, -0.25) is 9.69 Å². The van der Waals surface area contributed by atoms with Gasteiger partial charge in [0.15, 0.2) is 0 Å². The minimum absolute atomic E-state index is 0.147. The number of rotatable bonds is 6. The minimum Gasteiger partial charge on any atom is -0.465 e. The molecule has 1 aromatic carbocycles. The highest BCUT2D eigenvalue weighted by atomic mass is 16.5. The van der Waals surface area contributed by atoms with E-state index in [4.69, 9.17) is 4.74 Å². The lowest BCUT2D eigenvalue weighted by Gasteiger charge is -2.28. The van der Waals surface area contributed by atoms with E-state index in [0.717, 1.165) is 13.1 Å². The number of carbonyl (C=O) groups excluding carboxylic acids is 2. The SMILES string of the molecule is COC(=O)c1c(C)[nH]c(C(=O)NC[C@@H](c2ccccc2)N2CCCC2)c1C. The van der Waals surface area contributed by atoms with Crippen molar-refractivity contribution in [2.75, 3.05) is 26.7 Å². The van der Waals surface area contributed by atoms with Crippen LogP contribution >= 0.6 is 0 Å². The molecule has 0 bridgehead atoms. The lowest BCUT2D eigenvalue weighted by atomic mass is 10.1. The summed E-state index contributed by atoms with van der Waals surface area (Å²) in [6.07, 6.45) is 2.38. The van der Waals surface area contributed by atoms with Gasteiger partial charge in [0.2, 0.25) is 0 Å². The van der Waals surface area contributed by atoms with E-state index in [-0.39, 0.29) is 11.9 Å². The Kier molecular flexibility index (Phi) is 5.96. The van der Waals surface area contributed by atoms with Gasteiger partial charge in [-0.25, -0.2) is 4.79 Å². The van der Waals surface area contributed by atoms with Crippen LogP contribution in [0.25, 0.3) is 0 Å². The highest BCUT2D eigenvalue weighted by Gasteiger charge is 2.26. The predicted molar refractivity (Wildman–Crippen MR) is 104 cm³/mol. The molecule has 0 saturated carbocycles. The normalized spacial score (nSPS) is 15.5. The smallest absolute Gasteiger partial charge is 0.339 e. The van der Waals surface area contributed by atoms with Crippen LogP contribution in [-0.4, -0.2) is 48.5 Å². The highest BCUT2D eigenvalue weighted by molar-refractivity contribution is 6.00. The van der Waals surface area contributed by atoms with Crippen molar-refractivity contribution in [1.29, 1.82) is 0 Å². The highest BCUT2D eigenvalue weighted by Crippen LogP contribution is 2.25. The molecule has 6 heteroatoms. The molecular weight excluding hydrogens is 342 g/mol. The second kappa shape index (κ2) is 8.39. The summed E-state index contributed by atoms with van der Waals surface area (Å²) in [5, 5.41) is 3.05. The van der Waals surface area contributed by atoms with E-state index in [1.54, 1.807) is 13.8 Å². The standard InChI is InChI=1S/C21H27N3O3/c1-14-18(21(26)27-3)15(2)23-19(14)20(25)22-13-17(24-11-7-8-12-24)16-9-5-4-6-10-16/h4-6,9-10,17,23H,7-8,11-13H2,1-3H3,(H,22,25)/t17-/m0/s1. The second-order valence-electron chi connectivity index (χ2n) is 7.00. The molecule has 2 aromatic rings. The fourth-order valence-electron chi connectivity index (χ4n) is 3.85. The van der Waals surface area contributed by atoms with E-state index in [1.807, 2.05) is 18.2 Å². The van der Waals surface area contributed by atoms with E-state index >= 15 is 0 Å². The maximum atomic E-state index is 12.8. The van der Waals surface area contributed by atoms with Crippen LogP contribution in [0.3, 0.4) is 0 Å². The van der Waals surface area contributed by atoms with Crippen LogP contribution in [0.4, 0.5) is 0 Å². The van der Waals surface area contributed by atoms with Crippen molar-refractivity contribution < 1.29 is 14.3 Å². The molecule has 27 heavy (non-hydrogen) atoms. The summed E-state index contributed by atoms with van der Waals surface area (Å²) in [5.41, 5.74) is 3.32. The summed E-state index contributed by atoms with van der Waals surface area (Å²) in [6, 6.07) is 10.4. The third kappa shape index (κ3) is 4.06. The third-order valence-corrected chi connectivity index (χ3v) is 5.28. The number of carbonyl (C=O) groups is 2. The Morgan fingerprint density at radius 1 is 1.19 bits per heavy atom. The zero-order valence-electron chi connectivity index (χ0n) is 16.2. The van der Waals surface area contributed by atoms with Gasteiger partial charge in [-0.15, -0.1) is 0 Å². The number of aromatic amines is 1. The number of amides is 1. The fourth-order valence-corrected chi connectivity index (χ4v) is 3.85. The average Bonchev–Trinajstić information content (AvgIpc) is 3.30. The number of aromatic nitrogens is 1. The molecule has 1 aromatic heterocycles. The molecule has 1 fully saturated rings. The van der Waals surface area contributed by atoms with Crippen LogP contribution in [0.5, 0.6) is 0 Å². The molecule has 144 valence electrons. The summed E-state index contributed by atoms with van der Waals surface area (Å²) in [7, 11) is 1.34. The number of likely N-dealkylation sites (tertiary alicyclic amines) is 1. The maximum absolute atomic E-state index is 12.8. The van der Waals surface area contributed by atoms with Crippen LogP contribution < -0.4 is 5.32 Å². The van der Waals surface area contributed by atoms with Crippen molar-refractivity contribution in [3.63, 3.8) is 0 Å². The first-order valence-electron chi connectivity index (χ1n) is 9.37. The Balaban J connectivity index is 1.76. The molecule has 1 amide bonds. The number of hydrogen-bond donors (Lipinski definition) is 2. The first-order chi connectivity index (χ1) is 13.0. The summed E-state index contributed by atoms with van der Waals surface area (Å²) in [6.45, 7) is 6.14. The van der Waals surface area contributed by atoms with Crippen molar-refractivity contribution >= 4 is 11.9 Å². The maximum Gasteiger partial charge on any atom is 0.339 e. The number of methoxy groups -OCH3 is 1. The molecule has 6 nitrogen and oxygen atoms in total. The summed E-state index contributed by atoms with van der Waals surface area (Å²) in [5.74, 6) is -0.634. The van der Waals surface area contributed by atoms with Crippen molar-refractivity contribution in [1.82, 2.24) is 15.2 Å². The first-order valence-corrected chi connectivity index (χ1v) is 9.37. The number of ether oxygens (including phenoxy) is 1. The van der Waals surface area contributed by atoms with Gasteiger partial charge in [0, 0.05) is 12.2 Å². The van der Waals surface area contributed by atoms with Gasteiger partial charge in [0.1, 0.15) is 5.69 Å². The van der Waals surface area contributed by atoms with E-state index < -0.39 is 5.97 Å². The fraction of sp³-hybridized carbons (Fsp3) is 0.429. The number of nitrogens with zero attached hydrogens (tertiary/aromatic N) is 1. The molecule has 1 aliphatic heterocycles. The van der Waals surface area contributed by atoms with Gasteiger partial charge in [-0.1, -0.05) is 30.3 Å². The molecule has 0 aliphatic carbocycles. The summed E-state index contributed by atoms with van der Waals surface area (Å²) < 4.78 is 4.82. The number of nitrogens with one attached hydrogen (secondary N) is 2. The molecule has 2 heterocycles. The molecule has 1 atom stereocenters. The average molecular weight is 369 g/mol. The van der Waals surface area contributed by atoms with E-state index in [9.17, 15) is 9.59 Å². The van der Waals surface area contributed by atoms with E-state index in [1.165, 1.54) is 25.5 Å². The molecule has 0 unspecified atom stereocenters. The topological polar surface area (TPSA) is 74.4 Å². The quantitative estimate of drug-likeness (QED) is 0.768. The molecular formula is C21H27N3O3. The number of H-pyrrole nitrogens is 1. The third-order valence-electron chi connectivity index (χ3n) is 5.28. The number of hydrogen-bond acceptors (Lipinski definition) is 4. The zero-order chi connectivity index (χ0) is 19.4. The van der Waals surface area contributed by atoms with Gasteiger partial charge in [-0.05, 0) is 50.9 Å². The Morgan fingerprint density at radius 2 is 1.85 bits per heavy atom. The second-order valence-corrected chi connectivity index (χ2v) is 7.00. The Bertz CT molecular complexity index is 808. The van der Waals surface area contributed by atoms with Crippen molar-refractivity contribution in [2.24, 2.45) is 0 Å². The largest absolute Gasteiger partial charge is 0.465 e. The molecule has 1 saturated heterocycles. The number of benzene rings is 1. The predicted octanol–water partition coefficient (Wildman–Crippen LogP) is 2.99. The Hall–Kier alpha value is -2.60. The van der Waals surface area contributed by atoms with Crippen LogP contribution in [0, 0.1) is 13.8 Å². The van der Waals surface area contributed by atoms with Crippen molar-refractivity contribution in [3.8, 4) is 0 Å². The van der Waals surface area contributed by atoms with Gasteiger partial charge >= 0.3 is 5.97 Å². The number of aryl methyl sites for hydroxylation is 1. The Labute approximate surface area is 159 Å². The lowest BCUT2D eigenvalue weighted by molar-refractivity contribution is 0.0599. The van der Waals surface area contributed by atoms with Gasteiger partial charge in [-0.2, -0.15) is 0 Å². The lowest BCUT2D eigenvalue weighted by Crippen LogP contribution is -2.37. The van der Waals surface area contributed by atoms with Crippen molar-refractivity contribution in [3.05, 3.63) is 58.4 Å². The molecule has 2 N–H and O–H groups in total. The van der Waals surface area contributed by atoms with Crippen LogP contribution in [0.1, 0.15) is 56.6 Å². The molecule has 3 rings (SSSR count). The molecule has 0 spiro atoms.